The molecule has 0 aliphatic carbocycles. The van der Waals surface area contributed by atoms with Crippen LogP contribution in [-0.4, -0.2) is 79.5 Å². The molecule has 2 heterocycles. The third kappa shape index (κ3) is 5.24. The molecular formula is C19H23ClN2O7. The summed E-state index contributed by atoms with van der Waals surface area (Å²) in [5.74, 6) is -2.82. The first kappa shape index (κ1) is 21.5. The van der Waals surface area contributed by atoms with Crippen LogP contribution >= 0.6 is 11.6 Å². The number of carbonyl (C=O) groups excluding carboxylic acids is 2. The summed E-state index contributed by atoms with van der Waals surface area (Å²) in [5, 5.41) is 9.93. The molecule has 2 aliphatic rings. The summed E-state index contributed by atoms with van der Waals surface area (Å²) < 4.78 is 15.5. The number of ether oxygens (including phenoxy) is 3. The monoisotopic (exact) mass is 426 g/mol. The molecule has 29 heavy (non-hydrogen) atoms. The van der Waals surface area contributed by atoms with Gasteiger partial charge in [0.2, 0.25) is 6.10 Å². The van der Waals surface area contributed by atoms with Gasteiger partial charge in [-0.1, -0.05) is 11.6 Å². The van der Waals surface area contributed by atoms with Gasteiger partial charge in [0.1, 0.15) is 0 Å². The van der Waals surface area contributed by atoms with Crippen molar-refractivity contribution < 1.29 is 33.7 Å². The van der Waals surface area contributed by atoms with E-state index in [1.54, 1.807) is 12.1 Å². The molecule has 0 saturated carbocycles. The number of nitrogens with zero attached hydrogens (tertiary/aromatic N) is 2. The normalized spacial score (nSPS) is 21.7. The number of halogens is 1. The van der Waals surface area contributed by atoms with E-state index in [2.05, 4.69) is 4.90 Å². The summed E-state index contributed by atoms with van der Waals surface area (Å²) in [6, 6.07) is 5.23. The zero-order chi connectivity index (χ0) is 21.0. The number of carbonyl (C=O) groups is 3. The number of esters is 1. The van der Waals surface area contributed by atoms with Crippen LogP contribution in [0.3, 0.4) is 0 Å². The molecular weight excluding hydrogens is 404 g/mol. The minimum Gasteiger partial charge on any atom is -0.478 e. The summed E-state index contributed by atoms with van der Waals surface area (Å²) in [7, 11) is 0. The number of carboxylic acids is 1. The van der Waals surface area contributed by atoms with Crippen molar-refractivity contribution in [2.24, 2.45) is 0 Å². The average molecular weight is 427 g/mol. The van der Waals surface area contributed by atoms with E-state index in [0.717, 1.165) is 25.6 Å². The van der Waals surface area contributed by atoms with E-state index >= 15 is 0 Å². The Morgan fingerprint density at radius 1 is 1.28 bits per heavy atom. The third-order valence-corrected chi connectivity index (χ3v) is 5.14. The van der Waals surface area contributed by atoms with Gasteiger partial charge >= 0.3 is 11.9 Å². The Hall–Kier alpha value is -2.20. The quantitative estimate of drug-likeness (QED) is 0.669. The van der Waals surface area contributed by atoms with E-state index in [9.17, 15) is 19.5 Å². The molecule has 0 bridgehead atoms. The Morgan fingerprint density at radius 3 is 2.66 bits per heavy atom. The summed E-state index contributed by atoms with van der Waals surface area (Å²) in [5.41, 5.74) is 1.44. The van der Waals surface area contributed by atoms with E-state index in [-0.39, 0.29) is 13.2 Å². The number of benzene rings is 1. The molecule has 1 N–H and O–H groups in total. The number of aliphatic carboxylic acids is 1. The van der Waals surface area contributed by atoms with Crippen molar-refractivity contribution in [1.82, 2.24) is 4.90 Å². The second kappa shape index (κ2) is 9.53. The van der Waals surface area contributed by atoms with Crippen LogP contribution in [0.25, 0.3) is 0 Å². The SMILES string of the molecule is CC(=O)O[C@@H](C(=O)O)C1OCCN(c2ccc(Cl)c(CN3CCOCC3)c2)C1=O. The van der Waals surface area contributed by atoms with E-state index in [1.807, 2.05) is 6.07 Å². The number of anilines is 1. The smallest absolute Gasteiger partial charge is 0.348 e. The molecule has 3 rings (SSSR count). The van der Waals surface area contributed by atoms with Crippen molar-refractivity contribution in [1.29, 1.82) is 0 Å². The topological polar surface area (TPSA) is 106 Å². The van der Waals surface area contributed by atoms with Crippen molar-refractivity contribution in [3.05, 3.63) is 28.8 Å². The average Bonchev–Trinajstić information content (AvgIpc) is 2.69. The van der Waals surface area contributed by atoms with Gasteiger partial charge in [0.05, 0.1) is 19.8 Å². The molecule has 2 fully saturated rings. The Morgan fingerprint density at radius 2 is 2.00 bits per heavy atom. The maximum Gasteiger partial charge on any atom is 0.348 e. The molecule has 9 nitrogen and oxygen atoms in total. The number of rotatable bonds is 6. The van der Waals surface area contributed by atoms with Crippen LogP contribution in [0.4, 0.5) is 5.69 Å². The van der Waals surface area contributed by atoms with Gasteiger partial charge in [-0.15, -0.1) is 0 Å². The highest BCUT2D eigenvalue weighted by atomic mass is 35.5. The lowest BCUT2D eigenvalue weighted by Crippen LogP contribution is -2.55. The van der Waals surface area contributed by atoms with E-state index in [0.29, 0.717) is 30.5 Å². The first-order valence-corrected chi connectivity index (χ1v) is 9.66. The predicted octanol–water partition coefficient (Wildman–Crippen LogP) is 0.920. The van der Waals surface area contributed by atoms with Gasteiger partial charge in [-0.3, -0.25) is 14.5 Å². The second-order valence-electron chi connectivity index (χ2n) is 6.81. The van der Waals surface area contributed by atoms with Gasteiger partial charge in [0, 0.05) is 43.8 Å². The van der Waals surface area contributed by atoms with Crippen molar-refractivity contribution in [2.75, 3.05) is 44.4 Å². The van der Waals surface area contributed by atoms with Crippen LogP contribution in [0.1, 0.15) is 12.5 Å². The van der Waals surface area contributed by atoms with Gasteiger partial charge in [-0.2, -0.15) is 0 Å². The number of hydrogen-bond donors (Lipinski definition) is 1. The maximum absolute atomic E-state index is 12.9. The van der Waals surface area contributed by atoms with Crippen molar-refractivity contribution in [3.63, 3.8) is 0 Å². The molecule has 0 aromatic heterocycles. The summed E-state index contributed by atoms with van der Waals surface area (Å²) >= 11 is 6.35. The van der Waals surface area contributed by atoms with Gasteiger partial charge in [-0.05, 0) is 23.8 Å². The maximum atomic E-state index is 12.9. The fourth-order valence-corrected chi connectivity index (χ4v) is 3.53. The highest BCUT2D eigenvalue weighted by Gasteiger charge is 2.42. The molecule has 0 spiro atoms. The molecule has 1 aromatic carbocycles. The Bertz CT molecular complexity index is 782. The highest BCUT2D eigenvalue weighted by molar-refractivity contribution is 6.31. The Kier molecular flexibility index (Phi) is 7.07. The molecule has 158 valence electrons. The first-order valence-electron chi connectivity index (χ1n) is 9.28. The number of hydrogen-bond acceptors (Lipinski definition) is 7. The summed E-state index contributed by atoms with van der Waals surface area (Å²) in [6.07, 6.45) is -3.12. The number of morpholine rings is 2. The molecule has 10 heteroatoms. The van der Waals surface area contributed by atoms with Crippen LogP contribution in [0.2, 0.25) is 5.02 Å². The standard InChI is InChI=1S/C19H23ClN2O7/c1-12(23)29-17(19(25)26)16-18(24)22(6-9-28-16)14-2-3-15(20)13(10-14)11-21-4-7-27-8-5-21/h2-3,10,16-17H,4-9,11H2,1H3,(H,25,26)/t16?,17-/m1/s1. The summed E-state index contributed by atoms with van der Waals surface area (Å²) in [4.78, 5) is 39.3. The molecule has 1 aromatic rings. The van der Waals surface area contributed by atoms with Crippen molar-refractivity contribution >= 4 is 35.1 Å². The largest absolute Gasteiger partial charge is 0.478 e. The molecule has 0 radical (unpaired) electrons. The number of amides is 1. The minimum atomic E-state index is -1.71. The summed E-state index contributed by atoms with van der Waals surface area (Å²) in [6.45, 7) is 4.97. The highest BCUT2D eigenvalue weighted by Crippen LogP contribution is 2.27. The van der Waals surface area contributed by atoms with Crippen LogP contribution < -0.4 is 4.90 Å². The van der Waals surface area contributed by atoms with Crippen molar-refractivity contribution in [2.45, 2.75) is 25.7 Å². The van der Waals surface area contributed by atoms with E-state index < -0.39 is 30.1 Å². The van der Waals surface area contributed by atoms with E-state index in [1.165, 1.54) is 4.90 Å². The van der Waals surface area contributed by atoms with Gasteiger partial charge in [0.15, 0.2) is 6.10 Å². The molecule has 1 unspecified atom stereocenters. The Balaban J connectivity index is 1.80. The lowest BCUT2D eigenvalue weighted by Gasteiger charge is -2.35. The zero-order valence-electron chi connectivity index (χ0n) is 16.0. The predicted molar refractivity (Wildman–Crippen MR) is 103 cm³/mol. The molecule has 2 atom stereocenters. The zero-order valence-corrected chi connectivity index (χ0v) is 16.8. The van der Waals surface area contributed by atoms with Crippen LogP contribution in [0.15, 0.2) is 18.2 Å². The first-order chi connectivity index (χ1) is 13.9. The second-order valence-corrected chi connectivity index (χ2v) is 7.22. The van der Waals surface area contributed by atoms with Gasteiger partial charge in [-0.25, -0.2) is 4.79 Å². The lowest BCUT2D eigenvalue weighted by atomic mass is 10.1. The third-order valence-electron chi connectivity index (χ3n) is 4.77. The Labute approximate surface area is 173 Å². The molecule has 1 amide bonds. The van der Waals surface area contributed by atoms with Gasteiger partial charge < -0.3 is 24.2 Å². The number of carboxylic acid groups (broad SMARTS) is 1. The van der Waals surface area contributed by atoms with Crippen LogP contribution in [0.5, 0.6) is 0 Å². The van der Waals surface area contributed by atoms with Gasteiger partial charge in [0.25, 0.3) is 5.91 Å². The fourth-order valence-electron chi connectivity index (χ4n) is 3.35. The minimum absolute atomic E-state index is 0.114. The van der Waals surface area contributed by atoms with E-state index in [4.69, 9.17) is 25.8 Å². The van der Waals surface area contributed by atoms with Crippen LogP contribution in [0, 0.1) is 0 Å². The molecule has 2 saturated heterocycles. The lowest BCUT2D eigenvalue weighted by molar-refractivity contribution is -0.177. The van der Waals surface area contributed by atoms with Crippen molar-refractivity contribution in [3.8, 4) is 0 Å². The molecule has 2 aliphatic heterocycles. The van der Waals surface area contributed by atoms with Crippen LogP contribution in [-0.2, 0) is 35.1 Å². The fraction of sp³-hybridized carbons (Fsp3) is 0.526.